The van der Waals surface area contributed by atoms with E-state index in [-0.39, 0.29) is 35.3 Å². The van der Waals surface area contributed by atoms with E-state index < -0.39 is 11.9 Å². The van der Waals surface area contributed by atoms with Crippen molar-refractivity contribution < 1.29 is 22.7 Å². The third-order valence-electron chi connectivity index (χ3n) is 5.07. The summed E-state index contributed by atoms with van der Waals surface area (Å²) in [5, 5.41) is 0.917. The zero-order valence-electron chi connectivity index (χ0n) is 16.3. The second kappa shape index (κ2) is 7.93. The molecule has 162 valence electrons. The zero-order chi connectivity index (χ0) is 22.3. The molecule has 2 aromatic heterocycles. The van der Waals surface area contributed by atoms with Gasteiger partial charge in [-0.1, -0.05) is 11.6 Å². The molecule has 0 aliphatic carbocycles. The Morgan fingerprint density at radius 3 is 2.61 bits per heavy atom. The number of alkyl halides is 3. The summed E-state index contributed by atoms with van der Waals surface area (Å²) < 4.78 is 43.5. The van der Waals surface area contributed by atoms with Crippen LogP contribution >= 0.6 is 11.6 Å². The monoisotopic (exact) mass is 451 g/mol. The SMILES string of the molecule is CCN(Cc1cnc(C(F)(F)F)cn1)C(=O)c1cc2c3c(c(N)nc2cc1Cl)COC3. The highest BCUT2D eigenvalue weighted by Gasteiger charge is 2.33. The van der Waals surface area contributed by atoms with Crippen molar-refractivity contribution in [2.75, 3.05) is 12.3 Å². The Kier molecular flexibility index (Phi) is 5.44. The van der Waals surface area contributed by atoms with Crippen LogP contribution in [0.1, 0.15) is 39.8 Å². The van der Waals surface area contributed by atoms with Gasteiger partial charge in [-0.15, -0.1) is 0 Å². The van der Waals surface area contributed by atoms with Crippen LogP contribution in [0.4, 0.5) is 19.0 Å². The van der Waals surface area contributed by atoms with E-state index in [1.54, 1.807) is 19.1 Å². The van der Waals surface area contributed by atoms with Crippen molar-refractivity contribution >= 4 is 34.2 Å². The molecule has 0 bridgehead atoms. The first-order valence-electron chi connectivity index (χ1n) is 9.34. The van der Waals surface area contributed by atoms with Crippen molar-refractivity contribution in [3.63, 3.8) is 0 Å². The molecular formula is C20H17ClF3N5O2. The molecule has 0 radical (unpaired) electrons. The van der Waals surface area contributed by atoms with Crippen molar-refractivity contribution in [1.29, 1.82) is 0 Å². The highest BCUT2D eigenvalue weighted by molar-refractivity contribution is 6.34. The van der Waals surface area contributed by atoms with Crippen LogP contribution in [0.5, 0.6) is 0 Å². The summed E-state index contributed by atoms with van der Waals surface area (Å²) in [7, 11) is 0. The molecule has 1 aromatic carbocycles. The maximum absolute atomic E-state index is 13.2. The summed E-state index contributed by atoms with van der Waals surface area (Å²) in [5.74, 6) is -0.0215. The number of anilines is 1. The van der Waals surface area contributed by atoms with Gasteiger partial charge < -0.3 is 15.4 Å². The number of aromatic nitrogens is 3. The molecule has 0 saturated carbocycles. The third-order valence-corrected chi connectivity index (χ3v) is 5.38. The maximum Gasteiger partial charge on any atom is 0.434 e. The summed E-state index contributed by atoms with van der Waals surface area (Å²) in [4.78, 5) is 26.1. The van der Waals surface area contributed by atoms with Gasteiger partial charge in [0.25, 0.3) is 5.91 Å². The minimum atomic E-state index is -4.58. The standard InChI is InChI=1S/C20H17ClF3N5O2/c1-2-29(7-10-5-27-17(6-26-10)20(22,23)24)19(30)12-3-11-13-8-31-9-14(13)18(25)28-16(11)4-15(12)21/h3-6H,2,7-9H2,1H3,(H2,25,28). The lowest BCUT2D eigenvalue weighted by Gasteiger charge is -2.21. The van der Waals surface area contributed by atoms with Gasteiger partial charge in [-0.05, 0) is 24.6 Å². The smallest absolute Gasteiger partial charge is 0.383 e. The summed E-state index contributed by atoms with van der Waals surface area (Å²) in [6.07, 6.45) is -2.92. The van der Waals surface area contributed by atoms with Crippen LogP contribution in [-0.2, 0) is 30.7 Å². The molecule has 0 atom stereocenters. The van der Waals surface area contributed by atoms with Gasteiger partial charge >= 0.3 is 6.18 Å². The molecule has 3 aromatic rings. The van der Waals surface area contributed by atoms with E-state index >= 15 is 0 Å². The number of fused-ring (bicyclic) bond motifs is 3. The average Bonchev–Trinajstić information content (AvgIpc) is 3.22. The van der Waals surface area contributed by atoms with Gasteiger partial charge in [-0.3, -0.25) is 9.78 Å². The fraction of sp³-hybridized carbons (Fsp3) is 0.300. The first-order valence-corrected chi connectivity index (χ1v) is 9.72. The molecule has 2 N–H and O–H groups in total. The lowest BCUT2D eigenvalue weighted by atomic mass is 10.0. The van der Waals surface area contributed by atoms with Gasteiger partial charge in [0, 0.05) is 17.5 Å². The molecule has 0 saturated heterocycles. The number of benzene rings is 1. The number of nitrogen functional groups attached to an aromatic ring is 1. The normalized spacial score (nSPS) is 13.5. The Morgan fingerprint density at radius 2 is 1.97 bits per heavy atom. The van der Waals surface area contributed by atoms with E-state index in [1.807, 2.05) is 0 Å². The molecule has 0 unspecified atom stereocenters. The molecule has 31 heavy (non-hydrogen) atoms. The first-order chi connectivity index (χ1) is 14.7. The van der Waals surface area contributed by atoms with Gasteiger partial charge in [0.15, 0.2) is 5.69 Å². The number of rotatable bonds is 4. The number of nitrogens with zero attached hydrogens (tertiary/aromatic N) is 4. The number of nitrogens with two attached hydrogens (primary N) is 1. The highest BCUT2D eigenvalue weighted by Crippen LogP contribution is 2.34. The van der Waals surface area contributed by atoms with Crippen LogP contribution < -0.4 is 5.73 Å². The Bertz CT molecular complexity index is 1170. The fourth-order valence-corrected chi connectivity index (χ4v) is 3.67. The highest BCUT2D eigenvalue weighted by atomic mass is 35.5. The number of carbonyl (C=O) groups excluding carboxylic acids is 1. The Labute approximate surface area is 180 Å². The average molecular weight is 452 g/mol. The van der Waals surface area contributed by atoms with E-state index in [1.165, 1.54) is 4.90 Å². The number of carbonyl (C=O) groups is 1. The number of hydrogen-bond acceptors (Lipinski definition) is 6. The number of ether oxygens (including phenoxy) is 1. The molecule has 1 aliphatic heterocycles. The number of pyridine rings is 1. The van der Waals surface area contributed by atoms with Crippen LogP contribution in [0.25, 0.3) is 10.9 Å². The molecular weight excluding hydrogens is 435 g/mol. The van der Waals surface area contributed by atoms with E-state index in [0.717, 1.165) is 22.7 Å². The molecule has 3 heterocycles. The lowest BCUT2D eigenvalue weighted by molar-refractivity contribution is -0.141. The Morgan fingerprint density at radius 1 is 1.23 bits per heavy atom. The second-order valence-corrected chi connectivity index (χ2v) is 7.41. The van der Waals surface area contributed by atoms with Crippen LogP contribution in [0.2, 0.25) is 5.02 Å². The Hall–Kier alpha value is -2.98. The maximum atomic E-state index is 13.2. The number of amides is 1. The second-order valence-electron chi connectivity index (χ2n) is 7.01. The van der Waals surface area contributed by atoms with E-state index in [4.69, 9.17) is 22.1 Å². The molecule has 1 amide bonds. The summed E-state index contributed by atoms with van der Waals surface area (Å²) >= 11 is 6.36. The van der Waals surface area contributed by atoms with E-state index in [9.17, 15) is 18.0 Å². The first kappa shape index (κ1) is 21.3. The minimum Gasteiger partial charge on any atom is -0.383 e. The van der Waals surface area contributed by atoms with E-state index in [0.29, 0.717) is 30.7 Å². The van der Waals surface area contributed by atoms with Gasteiger partial charge in [-0.2, -0.15) is 13.2 Å². The Balaban J connectivity index is 1.65. The summed E-state index contributed by atoms with van der Waals surface area (Å²) in [6, 6.07) is 3.23. The van der Waals surface area contributed by atoms with Crippen molar-refractivity contribution in [2.24, 2.45) is 0 Å². The van der Waals surface area contributed by atoms with Crippen LogP contribution in [0, 0.1) is 0 Å². The molecule has 11 heteroatoms. The molecule has 0 spiro atoms. The summed E-state index contributed by atoms with van der Waals surface area (Å²) in [5.41, 5.74) is 7.58. The predicted octanol–water partition coefficient (Wildman–Crippen LogP) is 3.97. The van der Waals surface area contributed by atoms with Gasteiger partial charge in [-0.25, -0.2) is 9.97 Å². The largest absolute Gasteiger partial charge is 0.434 e. The van der Waals surface area contributed by atoms with Crippen molar-refractivity contribution in [1.82, 2.24) is 19.9 Å². The molecule has 4 rings (SSSR count). The molecule has 1 aliphatic rings. The molecule has 0 fully saturated rings. The quantitative estimate of drug-likeness (QED) is 0.645. The van der Waals surface area contributed by atoms with Crippen molar-refractivity contribution in [2.45, 2.75) is 32.9 Å². The third kappa shape index (κ3) is 4.00. The lowest BCUT2D eigenvalue weighted by Crippen LogP contribution is -2.31. The molecule has 7 nitrogen and oxygen atoms in total. The van der Waals surface area contributed by atoms with Crippen molar-refractivity contribution in [3.8, 4) is 0 Å². The van der Waals surface area contributed by atoms with Gasteiger partial charge in [0.05, 0.1) is 53.9 Å². The number of hydrogen-bond donors (Lipinski definition) is 1. The van der Waals surface area contributed by atoms with Gasteiger partial charge in [0.1, 0.15) is 5.82 Å². The fourth-order valence-electron chi connectivity index (χ4n) is 3.43. The predicted molar refractivity (Wildman–Crippen MR) is 107 cm³/mol. The minimum absolute atomic E-state index is 0.0178. The van der Waals surface area contributed by atoms with Crippen molar-refractivity contribution in [3.05, 3.63) is 57.6 Å². The zero-order valence-corrected chi connectivity index (χ0v) is 17.1. The van der Waals surface area contributed by atoms with Crippen LogP contribution in [0.15, 0.2) is 24.5 Å². The van der Waals surface area contributed by atoms with E-state index in [2.05, 4.69) is 15.0 Å². The van der Waals surface area contributed by atoms with Crippen LogP contribution in [-0.4, -0.2) is 32.3 Å². The van der Waals surface area contributed by atoms with Gasteiger partial charge in [0.2, 0.25) is 0 Å². The topological polar surface area (TPSA) is 94.2 Å². The number of halogens is 4. The summed E-state index contributed by atoms with van der Waals surface area (Å²) in [6.45, 7) is 2.72. The van der Waals surface area contributed by atoms with Crippen LogP contribution in [0.3, 0.4) is 0 Å².